The molecular formula is C12H12BNO. The monoisotopic (exact) mass is 197 g/mol. The fourth-order valence-electron chi connectivity index (χ4n) is 1.61. The van der Waals surface area contributed by atoms with E-state index in [0.29, 0.717) is 0 Å². The lowest BCUT2D eigenvalue weighted by molar-refractivity contribution is 0.352. The highest BCUT2D eigenvalue weighted by Crippen LogP contribution is 1.91. The van der Waals surface area contributed by atoms with Crippen LogP contribution >= 0.6 is 0 Å². The van der Waals surface area contributed by atoms with Crippen LogP contribution in [0.5, 0.6) is 0 Å². The van der Waals surface area contributed by atoms with E-state index in [4.69, 9.17) is 10.7 Å². The topological polar surface area (TPSA) is 35.2 Å². The van der Waals surface area contributed by atoms with Crippen LogP contribution in [0, 0.1) is 0 Å². The standard InChI is InChI=1S/C12H12BNO/c14-15-13(11-7-3-1-4-8-11)12-9-5-2-6-10-12/h1-10H,14H2. The molecule has 0 spiro atoms. The van der Waals surface area contributed by atoms with E-state index in [1.54, 1.807) is 0 Å². The maximum atomic E-state index is 5.34. The van der Waals surface area contributed by atoms with Crippen molar-refractivity contribution >= 4 is 17.8 Å². The number of rotatable bonds is 3. The molecular weight excluding hydrogens is 185 g/mol. The van der Waals surface area contributed by atoms with Crippen LogP contribution in [0.25, 0.3) is 0 Å². The van der Waals surface area contributed by atoms with Crippen molar-refractivity contribution in [1.29, 1.82) is 0 Å². The molecule has 0 fully saturated rings. The van der Waals surface area contributed by atoms with E-state index in [2.05, 4.69) is 0 Å². The lowest BCUT2D eigenvalue weighted by Gasteiger charge is -2.10. The van der Waals surface area contributed by atoms with Gasteiger partial charge in [0.1, 0.15) is 0 Å². The normalized spacial score (nSPS) is 9.93. The Morgan fingerprint density at radius 3 is 1.47 bits per heavy atom. The molecule has 0 saturated carbocycles. The zero-order valence-corrected chi connectivity index (χ0v) is 8.34. The first kappa shape index (κ1) is 9.96. The molecule has 0 aromatic heterocycles. The molecule has 0 amide bonds. The molecule has 2 N–H and O–H groups in total. The van der Waals surface area contributed by atoms with Gasteiger partial charge in [-0.05, 0) is 10.9 Å². The van der Waals surface area contributed by atoms with Crippen LogP contribution in [-0.4, -0.2) is 6.92 Å². The van der Waals surface area contributed by atoms with Gasteiger partial charge in [-0.15, -0.1) is 0 Å². The summed E-state index contributed by atoms with van der Waals surface area (Å²) in [7, 11) is 0. The number of hydrogen-bond donors (Lipinski definition) is 1. The van der Waals surface area contributed by atoms with E-state index in [0.717, 1.165) is 10.9 Å². The maximum absolute atomic E-state index is 5.34. The Labute approximate surface area is 89.8 Å². The molecule has 0 heterocycles. The van der Waals surface area contributed by atoms with Gasteiger partial charge in [0.2, 0.25) is 0 Å². The summed E-state index contributed by atoms with van der Waals surface area (Å²) in [5.74, 6) is 5.34. The van der Waals surface area contributed by atoms with Gasteiger partial charge in [-0.1, -0.05) is 60.7 Å². The van der Waals surface area contributed by atoms with Crippen LogP contribution in [-0.2, 0) is 4.76 Å². The van der Waals surface area contributed by atoms with Crippen molar-refractivity contribution in [3.05, 3.63) is 60.7 Å². The maximum Gasteiger partial charge on any atom is 0.386 e. The summed E-state index contributed by atoms with van der Waals surface area (Å²) in [6, 6.07) is 19.9. The Kier molecular flexibility index (Phi) is 3.17. The smallest absolute Gasteiger partial charge is 0.353 e. The summed E-state index contributed by atoms with van der Waals surface area (Å²) in [6.07, 6.45) is 0. The van der Waals surface area contributed by atoms with Crippen LogP contribution in [0.3, 0.4) is 0 Å². The molecule has 2 nitrogen and oxygen atoms in total. The molecule has 2 aromatic rings. The van der Waals surface area contributed by atoms with Gasteiger partial charge in [0, 0.05) is 0 Å². The molecule has 3 heteroatoms. The molecule has 0 aliphatic rings. The zero-order valence-electron chi connectivity index (χ0n) is 8.34. The lowest BCUT2D eigenvalue weighted by Crippen LogP contribution is -2.46. The Morgan fingerprint density at radius 2 is 1.13 bits per heavy atom. The summed E-state index contributed by atoms with van der Waals surface area (Å²) < 4.78 is 5.02. The minimum Gasteiger partial charge on any atom is -0.353 e. The van der Waals surface area contributed by atoms with Gasteiger partial charge in [-0.2, -0.15) is 0 Å². The molecule has 15 heavy (non-hydrogen) atoms. The van der Waals surface area contributed by atoms with E-state index in [1.165, 1.54) is 0 Å². The molecule has 0 aliphatic carbocycles. The summed E-state index contributed by atoms with van der Waals surface area (Å²) in [5, 5.41) is 0. The van der Waals surface area contributed by atoms with E-state index in [9.17, 15) is 0 Å². The highest BCUT2D eigenvalue weighted by molar-refractivity contribution is 6.79. The Hall–Kier alpha value is -1.58. The summed E-state index contributed by atoms with van der Waals surface area (Å²) >= 11 is 0. The Bertz CT molecular complexity index is 365. The first-order chi connectivity index (χ1) is 7.42. The van der Waals surface area contributed by atoms with Crippen molar-refractivity contribution in [3.8, 4) is 0 Å². The van der Waals surface area contributed by atoms with E-state index in [-0.39, 0.29) is 6.92 Å². The van der Waals surface area contributed by atoms with Gasteiger partial charge in [0.25, 0.3) is 0 Å². The summed E-state index contributed by atoms with van der Waals surface area (Å²) in [5.41, 5.74) is 2.12. The van der Waals surface area contributed by atoms with Crippen LogP contribution in [0.2, 0.25) is 0 Å². The van der Waals surface area contributed by atoms with Crippen molar-refractivity contribution in [3.63, 3.8) is 0 Å². The average molecular weight is 197 g/mol. The molecule has 0 aliphatic heterocycles. The van der Waals surface area contributed by atoms with Crippen molar-refractivity contribution in [2.45, 2.75) is 0 Å². The molecule has 0 saturated heterocycles. The third-order valence-electron chi connectivity index (χ3n) is 2.34. The molecule has 0 bridgehead atoms. The van der Waals surface area contributed by atoms with E-state index in [1.807, 2.05) is 60.7 Å². The van der Waals surface area contributed by atoms with E-state index >= 15 is 0 Å². The van der Waals surface area contributed by atoms with Crippen LogP contribution in [0.1, 0.15) is 0 Å². The molecule has 2 aromatic carbocycles. The van der Waals surface area contributed by atoms with Gasteiger partial charge in [0.05, 0.1) is 0 Å². The quantitative estimate of drug-likeness (QED) is 0.580. The van der Waals surface area contributed by atoms with E-state index < -0.39 is 0 Å². The summed E-state index contributed by atoms with van der Waals surface area (Å²) in [4.78, 5) is 0. The molecule has 0 radical (unpaired) electrons. The SMILES string of the molecule is NOB(c1ccccc1)c1ccccc1. The minimum atomic E-state index is -0.188. The second kappa shape index (κ2) is 4.78. The first-order valence-corrected chi connectivity index (χ1v) is 4.87. The third-order valence-corrected chi connectivity index (χ3v) is 2.34. The fourth-order valence-corrected chi connectivity index (χ4v) is 1.61. The highest BCUT2D eigenvalue weighted by atomic mass is 16.6. The number of hydrogen-bond acceptors (Lipinski definition) is 2. The number of benzene rings is 2. The molecule has 2 rings (SSSR count). The van der Waals surface area contributed by atoms with Gasteiger partial charge in [-0.25, -0.2) is 5.90 Å². The minimum absolute atomic E-state index is 0.188. The summed E-state index contributed by atoms with van der Waals surface area (Å²) in [6.45, 7) is -0.188. The fraction of sp³-hybridized carbons (Fsp3) is 0. The third kappa shape index (κ3) is 2.26. The van der Waals surface area contributed by atoms with Gasteiger partial charge in [0.15, 0.2) is 0 Å². The van der Waals surface area contributed by atoms with Crippen LogP contribution < -0.4 is 16.8 Å². The second-order valence-electron chi connectivity index (χ2n) is 3.34. The highest BCUT2D eigenvalue weighted by Gasteiger charge is 2.19. The molecule has 74 valence electrons. The number of nitrogens with two attached hydrogens (primary N) is 1. The second-order valence-corrected chi connectivity index (χ2v) is 3.34. The first-order valence-electron chi connectivity index (χ1n) is 4.87. The van der Waals surface area contributed by atoms with Crippen molar-refractivity contribution in [1.82, 2.24) is 0 Å². The Balaban J connectivity index is 2.34. The molecule has 0 atom stereocenters. The van der Waals surface area contributed by atoms with Gasteiger partial charge in [-0.3, -0.25) is 0 Å². The van der Waals surface area contributed by atoms with Crippen LogP contribution in [0.15, 0.2) is 60.7 Å². The van der Waals surface area contributed by atoms with Gasteiger partial charge < -0.3 is 4.76 Å². The lowest BCUT2D eigenvalue weighted by atomic mass is 9.56. The molecule has 0 unspecified atom stereocenters. The largest absolute Gasteiger partial charge is 0.386 e. The average Bonchev–Trinajstić information content (AvgIpc) is 2.33. The van der Waals surface area contributed by atoms with Gasteiger partial charge >= 0.3 is 6.92 Å². The van der Waals surface area contributed by atoms with Crippen molar-refractivity contribution in [2.24, 2.45) is 5.90 Å². The zero-order chi connectivity index (χ0) is 10.5. The van der Waals surface area contributed by atoms with Crippen LogP contribution in [0.4, 0.5) is 0 Å². The predicted molar refractivity (Wildman–Crippen MR) is 63.2 cm³/mol. The van der Waals surface area contributed by atoms with Crippen molar-refractivity contribution < 1.29 is 4.76 Å². The predicted octanol–water partition coefficient (Wildman–Crippen LogP) is 0.683. The Morgan fingerprint density at radius 1 is 0.733 bits per heavy atom. The van der Waals surface area contributed by atoms with Crippen molar-refractivity contribution in [2.75, 3.05) is 0 Å².